The first-order chi connectivity index (χ1) is 12.7. The summed E-state index contributed by atoms with van der Waals surface area (Å²) in [5.74, 6) is 0.240. The number of phenolic OH excluding ortho intramolecular Hbond substituents is 1. The Morgan fingerprint density at radius 3 is 2.85 bits per heavy atom. The molecule has 1 amide bonds. The number of amides is 1. The minimum Gasteiger partial charge on any atom is -0.504 e. The summed E-state index contributed by atoms with van der Waals surface area (Å²) in [5, 5.41) is 12.5. The lowest BCUT2D eigenvalue weighted by atomic mass is 10.2. The molecule has 0 fully saturated rings. The number of fused-ring (bicyclic) bond motifs is 1. The molecule has 0 bridgehead atoms. The van der Waals surface area contributed by atoms with Crippen molar-refractivity contribution in [2.24, 2.45) is 0 Å². The Kier molecular flexibility index (Phi) is 5.43. The second-order valence-corrected chi connectivity index (χ2v) is 5.57. The highest BCUT2D eigenvalue weighted by molar-refractivity contribution is 5.91. The molecule has 26 heavy (non-hydrogen) atoms. The topological polar surface area (TPSA) is 84.3 Å². The zero-order chi connectivity index (χ0) is 18.4. The van der Waals surface area contributed by atoms with Crippen LogP contribution in [0.5, 0.6) is 11.5 Å². The predicted octanol–water partition coefficient (Wildman–Crippen LogP) is 3.06. The lowest BCUT2D eigenvalue weighted by Gasteiger charge is -2.08. The zero-order valence-electron chi connectivity index (χ0n) is 14.3. The first-order valence-corrected chi connectivity index (χ1v) is 8.28. The quantitative estimate of drug-likeness (QED) is 0.668. The molecular weight excluding hydrogens is 330 g/mol. The third-order valence-corrected chi connectivity index (χ3v) is 3.66. The number of hydrogen-bond donors (Lipinski definition) is 2. The van der Waals surface area contributed by atoms with Crippen LogP contribution in [0.15, 0.2) is 54.7 Å². The van der Waals surface area contributed by atoms with E-state index in [-0.39, 0.29) is 11.7 Å². The molecule has 132 valence electrons. The maximum absolute atomic E-state index is 12.0. The number of rotatable bonds is 6. The van der Waals surface area contributed by atoms with Crippen LogP contribution in [0.2, 0.25) is 0 Å². The van der Waals surface area contributed by atoms with Gasteiger partial charge in [-0.1, -0.05) is 18.2 Å². The number of carbonyl (C=O) groups excluding carboxylic acids is 1. The van der Waals surface area contributed by atoms with E-state index in [0.29, 0.717) is 24.6 Å². The van der Waals surface area contributed by atoms with Gasteiger partial charge in [0.2, 0.25) is 5.91 Å². The van der Waals surface area contributed by atoms with E-state index < -0.39 is 0 Å². The van der Waals surface area contributed by atoms with Gasteiger partial charge in [0.1, 0.15) is 0 Å². The van der Waals surface area contributed by atoms with Crippen LogP contribution >= 0.6 is 0 Å². The standard InChI is InChI=1S/C20H19N3O3/c1-2-26-19-11-14(7-9-18(19)24)12-22-20(25)10-8-15-13-21-16-5-3-4-6-17(16)23-15/h3-11,13,24H,2,12H2,1H3,(H,22,25)/b10-8-. The third-order valence-electron chi connectivity index (χ3n) is 3.66. The molecule has 0 saturated heterocycles. The SMILES string of the molecule is CCOc1cc(CNC(=O)/C=C\c2cnc3ccccc3n2)ccc1O. The van der Waals surface area contributed by atoms with Gasteiger partial charge >= 0.3 is 0 Å². The molecule has 6 heteroatoms. The number of hydrogen-bond acceptors (Lipinski definition) is 5. The first-order valence-electron chi connectivity index (χ1n) is 8.28. The second kappa shape index (κ2) is 8.11. The van der Waals surface area contributed by atoms with Crippen LogP contribution in [-0.2, 0) is 11.3 Å². The van der Waals surface area contributed by atoms with Gasteiger partial charge in [0.15, 0.2) is 11.5 Å². The fourth-order valence-corrected chi connectivity index (χ4v) is 2.40. The molecular formula is C20H19N3O3. The zero-order valence-corrected chi connectivity index (χ0v) is 14.3. The van der Waals surface area contributed by atoms with Crippen molar-refractivity contribution in [1.82, 2.24) is 15.3 Å². The van der Waals surface area contributed by atoms with Crippen molar-refractivity contribution in [2.75, 3.05) is 6.61 Å². The Labute approximate surface area is 151 Å². The average molecular weight is 349 g/mol. The molecule has 2 aromatic carbocycles. The number of benzene rings is 2. The first kappa shape index (κ1) is 17.4. The fourth-order valence-electron chi connectivity index (χ4n) is 2.40. The maximum Gasteiger partial charge on any atom is 0.244 e. The number of para-hydroxylation sites is 2. The lowest BCUT2D eigenvalue weighted by Crippen LogP contribution is -2.20. The summed E-state index contributed by atoms with van der Waals surface area (Å²) >= 11 is 0. The van der Waals surface area contributed by atoms with Gasteiger partial charge < -0.3 is 15.2 Å². The Morgan fingerprint density at radius 2 is 2.04 bits per heavy atom. The van der Waals surface area contributed by atoms with Crippen molar-refractivity contribution in [1.29, 1.82) is 0 Å². The predicted molar refractivity (Wildman–Crippen MR) is 99.7 cm³/mol. The van der Waals surface area contributed by atoms with Gasteiger partial charge in [-0.05, 0) is 42.8 Å². The highest BCUT2D eigenvalue weighted by atomic mass is 16.5. The fraction of sp³-hybridized carbons (Fsp3) is 0.150. The van der Waals surface area contributed by atoms with E-state index in [1.165, 1.54) is 6.08 Å². The highest BCUT2D eigenvalue weighted by Crippen LogP contribution is 2.26. The van der Waals surface area contributed by atoms with Crippen molar-refractivity contribution < 1.29 is 14.6 Å². The van der Waals surface area contributed by atoms with Crippen LogP contribution in [0.4, 0.5) is 0 Å². The number of ether oxygens (including phenoxy) is 1. The van der Waals surface area contributed by atoms with E-state index in [2.05, 4.69) is 15.3 Å². The Bertz CT molecular complexity index is 954. The van der Waals surface area contributed by atoms with Gasteiger partial charge in [-0.3, -0.25) is 9.78 Å². The van der Waals surface area contributed by atoms with Gasteiger partial charge in [-0.15, -0.1) is 0 Å². The monoisotopic (exact) mass is 349 g/mol. The molecule has 6 nitrogen and oxygen atoms in total. The molecule has 0 saturated carbocycles. The summed E-state index contributed by atoms with van der Waals surface area (Å²) in [6.45, 7) is 2.63. The molecule has 3 rings (SSSR count). The molecule has 1 aromatic heterocycles. The molecule has 0 atom stereocenters. The number of phenols is 1. The average Bonchev–Trinajstić information content (AvgIpc) is 2.67. The van der Waals surface area contributed by atoms with Crippen molar-refractivity contribution in [3.8, 4) is 11.5 Å². The molecule has 0 aliphatic rings. The summed E-state index contributed by atoms with van der Waals surface area (Å²) in [6, 6.07) is 12.5. The Hall–Kier alpha value is -3.41. The molecule has 2 N–H and O–H groups in total. The molecule has 0 radical (unpaired) electrons. The molecule has 0 spiro atoms. The normalized spacial score (nSPS) is 11.0. The minimum atomic E-state index is -0.244. The van der Waals surface area contributed by atoms with Crippen molar-refractivity contribution in [2.45, 2.75) is 13.5 Å². The van der Waals surface area contributed by atoms with E-state index in [0.717, 1.165) is 16.6 Å². The van der Waals surface area contributed by atoms with E-state index in [4.69, 9.17) is 4.74 Å². The summed E-state index contributed by atoms with van der Waals surface area (Å²) in [5.41, 5.74) is 3.04. The number of nitrogens with zero attached hydrogens (tertiary/aromatic N) is 2. The largest absolute Gasteiger partial charge is 0.504 e. The van der Waals surface area contributed by atoms with E-state index in [9.17, 15) is 9.90 Å². The Balaban J connectivity index is 1.61. The van der Waals surface area contributed by atoms with E-state index in [1.807, 2.05) is 31.2 Å². The third kappa shape index (κ3) is 4.36. The molecule has 1 heterocycles. The van der Waals surface area contributed by atoms with Crippen molar-refractivity contribution >= 4 is 23.0 Å². The summed E-state index contributed by atoms with van der Waals surface area (Å²) in [7, 11) is 0. The second-order valence-electron chi connectivity index (χ2n) is 5.57. The number of aromatic nitrogens is 2. The lowest BCUT2D eigenvalue weighted by molar-refractivity contribution is -0.116. The Morgan fingerprint density at radius 1 is 1.23 bits per heavy atom. The van der Waals surface area contributed by atoms with Crippen LogP contribution in [0.1, 0.15) is 18.2 Å². The molecule has 0 aliphatic heterocycles. The van der Waals surface area contributed by atoms with Crippen molar-refractivity contribution in [3.63, 3.8) is 0 Å². The van der Waals surface area contributed by atoms with Crippen molar-refractivity contribution in [3.05, 3.63) is 66.0 Å². The smallest absolute Gasteiger partial charge is 0.244 e. The number of carbonyl (C=O) groups is 1. The summed E-state index contributed by atoms with van der Waals surface area (Å²) in [6.07, 6.45) is 4.67. The van der Waals surface area contributed by atoms with Gasteiger partial charge in [0.05, 0.1) is 29.5 Å². The minimum absolute atomic E-state index is 0.0803. The number of aromatic hydroxyl groups is 1. The van der Waals surface area contributed by atoms with Crippen LogP contribution in [0, 0.1) is 0 Å². The summed E-state index contributed by atoms with van der Waals surface area (Å²) in [4.78, 5) is 20.7. The van der Waals surface area contributed by atoms with Gasteiger partial charge in [-0.25, -0.2) is 4.98 Å². The maximum atomic E-state index is 12.0. The molecule has 0 unspecified atom stereocenters. The highest BCUT2D eigenvalue weighted by Gasteiger charge is 2.04. The van der Waals surface area contributed by atoms with Crippen LogP contribution in [0.25, 0.3) is 17.1 Å². The van der Waals surface area contributed by atoms with E-state index >= 15 is 0 Å². The molecule has 3 aromatic rings. The molecule has 0 aliphatic carbocycles. The van der Waals surface area contributed by atoms with E-state index in [1.54, 1.807) is 30.5 Å². The van der Waals surface area contributed by atoms with Crippen LogP contribution in [-0.4, -0.2) is 27.6 Å². The van der Waals surface area contributed by atoms with Gasteiger partial charge in [-0.2, -0.15) is 0 Å². The van der Waals surface area contributed by atoms with Gasteiger partial charge in [0.25, 0.3) is 0 Å². The number of nitrogens with one attached hydrogen (secondary N) is 1. The van der Waals surface area contributed by atoms with Crippen LogP contribution in [0.3, 0.4) is 0 Å². The van der Waals surface area contributed by atoms with Crippen LogP contribution < -0.4 is 10.1 Å². The van der Waals surface area contributed by atoms with Gasteiger partial charge in [0, 0.05) is 12.6 Å². The summed E-state index contributed by atoms with van der Waals surface area (Å²) < 4.78 is 5.33.